The first-order valence-corrected chi connectivity index (χ1v) is 6.70. The molecule has 0 aromatic heterocycles. The lowest BCUT2D eigenvalue weighted by molar-refractivity contribution is -0.0850. The molecule has 0 radical (unpaired) electrons. The van der Waals surface area contributed by atoms with Crippen LogP contribution in [-0.4, -0.2) is 48.2 Å². The Kier molecular flexibility index (Phi) is 3.55. The molecule has 84 valence electrons. The van der Waals surface area contributed by atoms with E-state index < -0.39 is 0 Å². The van der Waals surface area contributed by atoms with Crippen molar-refractivity contribution in [1.82, 2.24) is 4.90 Å². The summed E-state index contributed by atoms with van der Waals surface area (Å²) < 4.78 is 5.95. The van der Waals surface area contributed by atoms with Crippen LogP contribution >= 0.6 is 11.8 Å². The van der Waals surface area contributed by atoms with Crippen molar-refractivity contribution in [3.63, 3.8) is 0 Å². The third-order valence-electron chi connectivity index (χ3n) is 3.48. The molecule has 2 saturated heterocycles. The van der Waals surface area contributed by atoms with Gasteiger partial charge in [0.2, 0.25) is 0 Å². The van der Waals surface area contributed by atoms with E-state index in [0.29, 0.717) is 12.6 Å². The second-order valence-electron chi connectivity index (χ2n) is 4.55. The van der Waals surface area contributed by atoms with E-state index >= 15 is 0 Å². The van der Waals surface area contributed by atoms with Crippen LogP contribution in [-0.2, 0) is 4.74 Å². The lowest BCUT2D eigenvalue weighted by Crippen LogP contribution is -2.47. The maximum absolute atomic E-state index is 8.70. The van der Waals surface area contributed by atoms with Gasteiger partial charge in [-0.2, -0.15) is 17.0 Å². The summed E-state index contributed by atoms with van der Waals surface area (Å²) >= 11 is 2.00. The molecule has 0 N–H and O–H groups in total. The first kappa shape index (κ1) is 11.3. The van der Waals surface area contributed by atoms with Crippen molar-refractivity contribution < 1.29 is 4.74 Å². The zero-order valence-corrected chi connectivity index (χ0v) is 10.1. The van der Waals surface area contributed by atoms with Crippen LogP contribution in [0.1, 0.15) is 19.3 Å². The molecule has 1 spiro atoms. The molecule has 2 aliphatic rings. The normalized spacial score (nSPS) is 35.9. The fraction of sp³-hybridized carbons (Fsp3) is 0.909. The molecule has 2 fully saturated rings. The van der Waals surface area contributed by atoms with Gasteiger partial charge in [0.25, 0.3) is 0 Å². The smallest absolute Gasteiger partial charge is 0.0865 e. The van der Waals surface area contributed by atoms with Crippen LogP contribution in [0, 0.1) is 11.3 Å². The fourth-order valence-electron chi connectivity index (χ4n) is 2.48. The van der Waals surface area contributed by atoms with E-state index in [1.165, 1.54) is 12.2 Å². The lowest BCUT2D eigenvalue weighted by atomic mass is 9.89. The zero-order chi connectivity index (χ0) is 10.7. The van der Waals surface area contributed by atoms with E-state index in [9.17, 15) is 0 Å². The van der Waals surface area contributed by atoms with Crippen molar-refractivity contribution in [2.75, 3.05) is 31.7 Å². The molecule has 4 heteroatoms. The van der Waals surface area contributed by atoms with E-state index in [0.717, 1.165) is 25.2 Å². The minimum absolute atomic E-state index is 0.136. The quantitative estimate of drug-likeness (QED) is 0.669. The molecule has 0 aromatic rings. The molecule has 2 rings (SSSR count). The lowest BCUT2D eigenvalue weighted by Gasteiger charge is -2.40. The van der Waals surface area contributed by atoms with Gasteiger partial charge >= 0.3 is 0 Å². The molecule has 3 nitrogen and oxygen atoms in total. The first-order chi connectivity index (χ1) is 7.26. The number of rotatable bonds is 2. The van der Waals surface area contributed by atoms with Crippen LogP contribution < -0.4 is 0 Å². The van der Waals surface area contributed by atoms with E-state index in [1.54, 1.807) is 0 Å². The number of hydrogen-bond donors (Lipinski definition) is 0. The van der Waals surface area contributed by atoms with Crippen molar-refractivity contribution in [3.8, 4) is 6.07 Å². The molecule has 15 heavy (non-hydrogen) atoms. The van der Waals surface area contributed by atoms with Crippen molar-refractivity contribution in [2.45, 2.75) is 30.9 Å². The van der Waals surface area contributed by atoms with Crippen LogP contribution in [0.4, 0.5) is 0 Å². The van der Waals surface area contributed by atoms with Gasteiger partial charge in [-0.1, -0.05) is 0 Å². The Bertz CT molecular complexity index is 258. The van der Waals surface area contributed by atoms with Gasteiger partial charge in [0, 0.05) is 18.4 Å². The van der Waals surface area contributed by atoms with Crippen molar-refractivity contribution in [1.29, 1.82) is 5.26 Å². The Morgan fingerprint density at radius 1 is 1.67 bits per heavy atom. The molecule has 0 aliphatic carbocycles. The first-order valence-electron chi connectivity index (χ1n) is 5.55. The Morgan fingerprint density at radius 3 is 3.20 bits per heavy atom. The van der Waals surface area contributed by atoms with E-state index in [2.05, 4.69) is 18.0 Å². The van der Waals surface area contributed by atoms with Gasteiger partial charge in [-0.3, -0.25) is 4.90 Å². The predicted molar refractivity (Wildman–Crippen MR) is 61.9 cm³/mol. The summed E-state index contributed by atoms with van der Waals surface area (Å²) in [5.74, 6) is 2.37. The number of nitriles is 1. The molecular weight excluding hydrogens is 208 g/mol. The minimum atomic E-state index is 0.136. The third-order valence-corrected chi connectivity index (χ3v) is 4.70. The van der Waals surface area contributed by atoms with Crippen molar-refractivity contribution in [2.24, 2.45) is 0 Å². The Balaban J connectivity index is 1.95. The molecule has 2 aliphatic heterocycles. The summed E-state index contributed by atoms with van der Waals surface area (Å²) in [4.78, 5) is 2.17. The van der Waals surface area contributed by atoms with Gasteiger partial charge in [-0.05, 0) is 32.1 Å². The fourth-order valence-corrected chi connectivity index (χ4v) is 3.86. The van der Waals surface area contributed by atoms with Crippen LogP contribution in [0.3, 0.4) is 0 Å². The Hall–Kier alpha value is -0.240. The van der Waals surface area contributed by atoms with E-state index in [1.807, 2.05) is 11.8 Å². The van der Waals surface area contributed by atoms with Gasteiger partial charge in [-0.25, -0.2) is 0 Å². The number of nitrogens with zero attached hydrogens (tertiary/aromatic N) is 2. The molecule has 0 aromatic carbocycles. The topological polar surface area (TPSA) is 36.3 Å². The highest BCUT2D eigenvalue weighted by atomic mass is 32.2. The number of ether oxygens (including phenoxy) is 1. The number of hydrogen-bond acceptors (Lipinski definition) is 4. The summed E-state index contributed by atoms with van der Waals surface area (Å²) in [6.07, 6.45) is 3.37. The van der Waals surface area contributed by atoms with Crippen molar-refractivity contribution in [3.05, 3.63) is 0 Å². The molecule has 0 amide bonds. The Morgan fingerprint density at radius 2 is 2.53 bits per heavy atom. The molecule has 2 unspecified atom stereocenters. The van der Waals surface area contributed by atoms with Crippen LogP contribution in [0.25, 0.3) is 0 Å². The standard InChI is InChI=1S/C11H18N2OS/c1-13(5-4-12)10-2-6-14-11(8-10)3-7-15-9-11/h10H,2-3,5-9H2,1H3. The highest BCUT2D eigenvalue weighted by molar-refractivity contribution is 7.99. The van der Waals surface area contributed by atoms with Crippen molar-refractivity contribution >= 4 is 11.8 Å². The van der Waals surface area contributed by atoms with E-state index in [-0.39, 0.29) is 5.60 Å². The van der Waals surface area contributed by atoms with E-state index in [4.69, 9.17) is 10.00 Å². The van der Waals surface area contributed by atoms with Gasteiger partial charge < -0.3 is 4.74 Å². The zero-order valence-electron chi connectivity index (χ0n) is 9.24. The molecule has 2 heterocycles. The monoisotopic (exact) mass is 226 g/mol. The molecule has 2 atom stereocenters. The summed E-state index contributed by atoms with van der Waals surface area (Å²) in [6, 6.07) is 2.76. The molecule has 0 saturated carbocycles. The van der Waals surface area contributed by atoms with Crippen LogP contribution in [0.2, 0.25) is 0 Å². The summed E-state index contributed by atoms with van der Waals surface area (Å²) in [6.45, 7) is 1.40. The molecular formula is C11H18N2OS. The van der Waals surface area contributed by atoms with Gasteiger partial charge in [-0.15, -0.1) is 0 Å². The average Bonchev–Trinajstić information content (AvgIpc) is 2.67. The molecule has 0 bridgehead atoms. The SMILES string of the molecule is CN(CC#N)C1CCOC2(CCSC2)C1. The number of thioether (sulfide) groups is 1. The highest BCUT2D eigenvalue weighted by Crippen LogP contribution is 2.39. The summed E-state index contributed by atoms with van der Waals surface area (Å²) in [5.41, 5.74) is 0.136. The van der Waals surface area contributed by atoms with Gasteiger partial charge in [0.05, 0.1) is 18.2 Å². The second kappa shape index (κ2) is 4.73. The summed E-state index contributed by atoms with van der Waals surface area (Å²) in [5, 5.41) is 8.70. The predicted octanol–water partition coefficient (Wildman–Crippen LogP) is 1.50. The van der Waals surface area contributed by atoms with Crippen LogP contribution in [0.5, 0.6) is 0 Å². The summed E-state index contributed by atoms with van der Waals surface area (Å²) in [7, 11) is 2.05. The third kappa shape index (κ3) is 2.47. The maximum atomic E-state index is 8.70. The Labute approximate surface area is 95.8 Å². The van der Waals surface area contributed by atoms with Gasteiger partial charge in [0.1, 0.15) is 0 Å². The van der Waals surface area contributed by atoms with Crippen LogP contribution in [0.15, 0.2) is 0 Å². The van der Waals surface area contributed by atoms with Gasteiger partial charge in [0.15, 0.2) is 0 Å². The maximum Gasteiger partial charge on any atom is 0.0865 e. The second-order valence-corrected chi connectivity index (χ2v) is 5.66. The highest BCUT2D eigenvalue weighted by Gasteiger charge is 2.41. The minimum Gasteiger partial charge on any atom is -0.374 e. The average molecular weight is 226 g/mol. The largest absolute Gasteiger partial charge is 0.374 e.